The van der Waals surface area contributed by atoms with Gasteiger partial charge in [0.2, 0.25) is 0 Å². The number of likely N-dealkylation sites (tertiary alicyclic amines) is 1. The first-order chi connectivity index (χ1) is 9.65. The van der Waals surface area contributed by atoms with Gasteiger partial charge in [0.25, 0.3) is 0 Å². The Morgan fingerprint density at radius 2 is 2.10 bits per heavy atom. The highest BCUT2D eigenvalue weighted by molar-refractivity contribution is 9.10. The molecule has 0 amide bonds. The van der Waals surface area contributed by atoms with Crippen LogP contribution in [0.1, 0.15) is 44.2 Å². The molecule has 1 aliphatic heterocycles. The summed E-state index contributed by atoms with van der Waals surface area (Å²) < 4.78 is 1.07. The van der Waals surface area contributed by atoms with Gasteiger partial charge in [-0.1, -0.05) is 47.3 Å². The number of benzene rings is 1. The number of rotatable bonds is 5. The third kappa shape index (κ3) is 3.97. The molecule has 1 aromatic carbocycles. The maximum absolute atomic E-state index is 6.36. The van der Waals surface area contributed by atoms with E-state index >= 15 is 0 Å². The molecule has 1 saturated heterocycles. The van der Waals surface area contributed by atoms with Crippen molar-refractivity contribution in [1.82, 2.24) is 4.90 Å². The first-order valence-corrected chi connectivity index (χ1v) is 8.71. The fourth-order valence-electron chi connectivity index (χ4n) is 3.20. The van der Waals surface area contributed by atoms with Crippen molar-refractivity contribution in [1.29, 1.82) is 0 Å². The monoisotopic (exact) mass is 358 g/mol. The molecule has 0 radical (unpaired) electrons. The van der Waals surface area contributed by atoms with Gasteiger partial charge in [0.05, 0.1) is 0 Å². The van der Waals surface area contributed by atoms with E-state index in [1.807, 2.05) is 12.1 Å². The molecule has 1 aromatic rings. The van der Waals surface area contributed by atoms with Crippen LogP contribution < -0.4 is 5.73 Å². The number of hydrogen-bond donors (Lipinski definition) is 1. The number of nitrogens with zero attached hydrogens (tertiary/aromatic N) is 1. The Morgan fingerprint density at radius 3 is 2.70 bits per heavy atom. The number of hydrogen-bond acceptors (Lipinski definition) is 2. The van der Waals surface area contributed by atoms with E-state index in [2.05, 4.69) is 33.8 Å². The van der Waals surface area contributed by atoms with Crippen molar-refractivity contribution in [2.45, 2.75) is 38.6 Å². The summed E-state index contributed by atoms with van der Waals surface area (Å²) in [5.74, 6) is 0.896. The zero-order valence-electron chi connectivity index (χ0n) is 12.1. The van der Waals surface area contributed by atoms with Crippen LogP contribution in [0.3, 0.4) is 0 Å². The molecule has 1 fully saturated rings. The first kappa shape index (κ1) is 16.3. The van der Waals surface area contributed by atoms with Crippen LogP contribution in [0.5, 0.6) is 0 Å². The van der Waals surface area contributed by atoms with Gasteiger partial charge in [-0.25, -0.2) is 0 Å². The van der Waals surface area contributed by atoms with Gasteiger partial charge in [0.15, 0.2) is 0 Å². The smallest absolute Gasteiger partial charge is 0.0485 e. The molecular weight excluding hydrogens is 336 g/mol. The van der Waals surface area contributed by atoms with Crippen LogP contribution in [0.2, 0.25) is 5.02 Å². The number of halogens is 2. The van der Waals surface area contributed by atoms with Gasteiger partial charge in [-0.2, -0.15) is 0 Å². The van der Waals surface area contributed by atoms with Gasteiger partial charge >= 0.3 is 0 Å². The zero-order chi connectivity index (χ0) is 14.5. The van der Waals surface area contributed by atoms with Crippen molar-refractivity contribution in [2.24, 2.45) is 11.7 Å². The average molecular weight is 360 g/mol. The third-order valence-corrected chi connectivity index (χ3v) is 5.16. The van der Waals surface area contributed by atoms with Crippen molar-refractivity contribution in [3.05, 3.63) is 33.3 Å². The van der Waals surface area contributed by atoms with E-state index in [1.165, 1.54) is 25.7 Å². The van der Waals surface area contributed by atoms with Crippen LogP contribution in [0, 0.1) is 5.92 Å². The fraction of sp³-hybridized carbons (Fsp3) is 0.625. The van der Waals surface area contributed by atoms with E-state index in [0.29, 0.717) is 6.54 Å². The van der Waals surface area contributed by atoms with Crippen LogP contribution >= 0.6 is 27.5 Å². The lowest BCUT2D eigenvalue weighted by Crippen LogP contribution is -2.40. The molecule has 2 rings (SSSR count). The zero-order valence-corrected chi connectivity index (χ0v) is 14.5. The highest BCUT2D eigenvalue weighted by atomic mass is 79.9. The third-order valence-electron chi connectivity index (χ3n) is 4.33. The molecule has 0 saturated carbocycles. The van der Waals surface area contributed by atoms with Crippen LogP contribution in [0.25, 0.3) is 0 Å². The number of nitrogens with two attached hydrogens (primary N) is 1. The van der Waals surface area contributed by atoms with Gasteiger partial charge in [-0.15, -0.1) is 0 Å². The molecule has 4 heteroatoms. The van der Waals surface area contributed by atoms with Crippen molar-refractivity contribution in [3.8, 4) is 0 Å². The van der Waals surface area contributed by atoms with Crippen molar-refractivity contribution >= 4 is 27.5 Å². The van der Waals surface area contributed by atoms with E-state index in [-0.39, 0.29) is 6.04 Å². The van der Waals surface area contributed by atoms with Crippen molar-refractivity contribution in [3.63, 3.8) is 0 Å². The maximum atomic E-state index is 6.36. The molecule has 1 heterocycles. The molecule has 112 valence electrons. The molecule has 20 heavy (non-hydrogen) atoms. The predicted molar refractivity (Wildman–Crippen MR) is 90.2 cm³/mol. The molecule has 0 aliphatic carbocycles. The minimum Gasteiger partial charge on any atom is -0.329 e. The Morgan fingerprint density at radius 1 is 1.40 bits per heavy atom. The number of piperidine rings is 1. The highest BCUT2D eigenvalue weighted by Gasteiger charge is 2.26. The van der Waals surface area contributed by atoms with Crippen LogP contribution in [-0.2, 0) is 0 Å². The van der Waals surface area contributed by atoms with Crippen molar-refractivity contribution in [2.75, 3.05) is 19.6 Å². The molecule has 1 unspecified atom stereocenters. The molecule has 1 aliphatic rings. The lowest BCUT2D eigenvalue weighted by molar-refractivity contribution is 0.132. The molecule has 0 aromatic heterocycles. The summed E-state index contributed by atoms with van der Waals surface area (Å²) in [7, 11) is 0. The molecule has 0 bridgehead atoms. The van der Waals surface area contributed by atoms with E-state index < -0.39 is 0 Å². The average Bonchev–Trinajstić information content (AvgIpc) is 2.45. The second-order valence-electron chi connectivity index (χ2n) is 5.69. The topological polar surface area (TPSA) is 29.3 Å². The summed E-state index contributed by atoms with van der Waals surface area (Å²) in [6.45, 7) is 5.16. The van der Waals surface area contributed by atoms with E-state index in [0.717, 1.165) is 34.1 Å². The quantitative estimate of drug-likeness (QED) is 0.831. The van der Waals surface area contributed by atoms with Gasteiger partial charge in [0, 0.05) is 22.1 Å². The Bertz CT molecular complexity index is 430. The summed E-state index contributed by atoms with van der Waals surface area (Å²) >= 11 is 9.89. The predicted octanol–water partition coefficient (Wildman–Crippen LogP) is 4.61. The largest absolute Gasteiger partial charge is 0.329 e. The maximum Gasteiger partial charge on any atom is 0.0485 e. The Labute approximate surface area is 135 Å². The second-order valence-corrected chi connectivity index (χ2v) is 7.01. The van der Waals surface area contributed by atoms with Crippen LogP contribution in [0.4, 0.5) is 0 Å². The Hall–Kier alpha value is -0.0900. The summed E-state index contributed by atoms with van der Waals surface area (Å²) in [6.07, 6.45) is 5.23. The molecular formula is C16H24BrClN2. The minimum absolute atomic E-state index is 0.238. The Balaban J connectivity index is 2.07. The summed E-state index contributed by atoms with van der Waals surface area (Å²) in [6, 6.07) is 6.28. The SMILES string of the molecule is CCCC1CCN(C(CN)c2cc(Br)ccc2Cl)CC1. The standard InChI is InChI=1S/C16H24BrClN2/c1-2-3-12-6-8-20(9-7-12)16(11-19)14-10-13(17)4-5-15(14)18/h4-5,10,12,16H,2-3,6-9,11,19H2,1H3. The van der Waals surface area contributed by atoms with Crippen molar-refractivity contribution < 1.29 is 0 Å². The second kappa shape index (κ2) is 7.79. The van der Waals surface area contributed by atoms with Crippen LogP contribution in [0.15, 0.2) is 22.7 Å². The molecule has 1 atom stereocenters. The minimum atomic E-state index is 0.238. The summed E-state index contributed by atoms with van der Waals surface area (Å²) in [5.41, 5.74) is 7.18. The van der Waals surface area contributed by atoms with E-state index in [4.69, 9.17) is 17.3 Å². The molecule has 2 N–H and O–H groups in total. The normalized spacial score (nSPS) is 19.2. The van der Waals surface area contributed by atoms with E-state index in [1.54, 1.807) is 0 Å². The van der Waals surface area contributed by atoms with Gasteiger partial charge < -0.3 is 5.73 Å². The van der Waals surface area contributed by atoms with Crippen LogP contribution in [-0.4, -0.2) is 24.5 Å². The molecule has 2 nitrogen and oxygen atoms in total. The van der Waals surface area contributed by atoms with Gasteiger partial charge in [-0.05, 0) is 55.6 Å². The highest BCUT2D eigenvalue weighted by Crippen LogP contribution is 2.33. The molecule has 0 spiro atoms. The summed E-state index contributed by atoms with van der Waals surface area (Å²) in [4.78, 5) is 2.50. The fourth-order valence-corrected chi connectivity index (χ4v) is 3.83. The first-order valence-electron chi connectivity index (χ1n) is 7.54. The lowest BCUT2D eigenvalue weighted by atomic mass is 9.91. The van der Waals surface area contributed by atoms with E-state index in [9.17, 15) is 0 Å². The Kier molecular flexibility index (Phi) is 6.34. The summed E-state index contributed by atoms with van der Waals surface area (Å²) in [5, 5.41) is 0.819. The lowest BCUT2D eigenvalue weighted by Gasteiger charge is -2.37. The van der Waals surface area contributed by atoms with Gasteiger partial charge in [-0.3, -0.25) is 4.90 Å². The van der Waals surface area contributed by atoms with Gasteiger partial charge in [0.1, 0.15) is 0 Å².